The second-order valence-corrected chi connectivity index (χ2v) is 11.8. The van der Waals surface area contributed by atoms with Crippen LogP contribution in [0.15, 0.2) is 0 Å². The van der Waals surface area contributed by atoms with E-state index in [1.54, 1.807) is 0 Å². The average Bonchev–Trinajstić information content (AvgIpc) is 2.10. The number of hydrogen-bond donors (Lipinski definition) is 0. The van der Waals surface area contributed by atoms with Crippen molar-refractivity contribution in [2.45, 2.75) is 52.2 Å². The quantitative estimate of drug-likeness (QED) is 0.549. The summed E-state index contributed by atoms with van der Waals surface area (Å²) in [6, 6.07) is 0. The average molecular weight is 268 g/mol. The van der Waals surface area contributed by atoms with Crippen LogP contribution < -0.4 is 0 Å². The molecular formula is C10H24O4SSi. The van der Waals surface area contributed by atoms with Crippen molar-refractivity contribution in [2.24, 2.45) is 0 Å². The summed E-state index contributed by atoms with van der Waals surface area (Å²) in [4.78, 5) is 0. The monoisotopic (exact) mass is 268 g/mol. The van der Waals surface area contributed by atoms with Crippen molar-refractivity contribution in [1.82, 2.24) is 0 Å². The summed E-state index contributed by atoms with van der Waals surface area (Å²) in [5.74, 6) is -0.330. The van der Waals surface area contributed by atoms with E-state index in [1.807, 2.05) is 20.0 Å². The van der Waals surface area contributed by atoms with Crippen molar-refractivity contribution in [3.05, 3.63) is 0 Å². The van der Waals surface area contributed by atoms with Crippen LogP contribution in [0.2, 0.25) is 18.1 Å². The molecule has 0 aromatic carbocycles. The zero-order valence-electron chi connectivity index (χ0n) is 11.2. The molecule has 98 valence electrons. The van der Waals surface area contributed by atoms with E-state index >= 15 is 0 Å². The van der Waals surface area contributed by atoms with Gasteiger partial charge in [-0.25, -0.2) is 0 Å². The van der Waals surface area contributed by atoms with Gasteiger partial charge in [-0.05, 0) is 24.6 Å². The topological polar surface area (TPSA) is 52.6 Å². The predicted octanol–water partition coefficient (Wildman–Crippen LogP) is 2.72. The highest BCUT2D eigenvalue weighted by Crippen LogP contribution is 2.36. The third kappa shape index (κ3) is 5.43. The van der Waals surface area contributed by atoms with Gasteiger partial charge in [-0.3, -0.25) is 4.18 Å². The standard InChI is InChI=1S/C10H24O4SSi/c1-7-8-13-15(11,12)9-14-16(5,6)10(2,3)4/h7-9H2,1-6H3. The van der Waals surface area contributed by atoms with E-state index in [1.165, 1.54) is 0 Å². The van der Waals surface area contributed by atoms with Gasteiger partial charge < -0.3 is 4.43 Å². The fourth-order valence-electron chi connectivity index (χ4n) is 0.680. The summed E-state index contributed by atoms with van der Waals surface area (Å²) in [6.45, 7) is 12.3. The molecule has 0 heterocycles. The Bertz CT molecular complexity index is 303. The van der Waals surface area contributed by atoms with Crippen molar-refractivity contribution in [3.8, 4) is 0 Å². The molecule has 0 bridgehead atoms. The highest BCUT2D eigenvalue weighted by atomic mass is 32.2. The fraction of sp³-hybridized carbons (Fsp3) is 1.00. The van der Waals surface area contributed by atoms with E-state index in [0.29, 0.717) is 6.42 Å². The Kier molecular flexibility index (Phi) is 5.65. The largest absolute Gasteiger partial charge is 0.401 e. The molecule has 0 fully saturated rings. The minimum atomic E-state index is -3.52. The summed E-state index contributed by atoms with van der Waals surface area (Å²) >= 11 is 0. The van der Waals surface area contributed by atoms with Crippen molar-refractivity contribution in [1.29, 1.82) is 0 Å². The summed E-state index contributed by atoms with van der Waals surface area (Å²) in [5.41, 5.74) is 0. The molecule has 0 aliphatic carbocycles. The minimum absolute atomic E-state index is 0.00722. The lowest BCUT2D eigenvalue weighted by molar-refractivity contribution is 0.277. The van der Waals surface area contributed by atoms with Crippen LogP contribution in [0.5, 0.6) is 0 Å². The van der Waals surface area contributed by atoms with Gasteiger partial charge in [-0.2, -0.15) is 8.42 Å². The van der Waals surface area contributed by atoms with E-state index in [0.717, 1.165) is 0 Å². The summed E-state index contributed by atoms with van der Waals surface area (Å²) in [6.07, 6.45) is 0.680. The fourth-order valence-corrected chi connectivity index (χ4v) is 3.36. The Morgan fingerprint density at radius 3 is 2.06 bits per heavy atom. The van der Waals surface area contributed by atoms with Crippen LogP contribution in [0.1, 0.15) is 34.1 Å². The van der Waals surface area contributed by atoms with Gasteiger partial charge in [0, 0.05) is 0 Å². The molecule has 0 aliphatic rings. The van der Waals surface area contributed by atoms with Gasteiger partial charge >= 0.3 is 0 Å². The normalized spacial score (nSPS) is 14.1. The van der Waals surface area contributed by atoms with Crippen LogP contribution in [-0.2, 0) is 18.7 Å². The zero-order valence-corrected chi connectivity index (χ0v) is 13.0. The molecule has 0 saturated heterocycles. The SMILES string of the molecule is CCCOS(=O)(=O)CO[Si](C)(C)C(C)(C)C. The van der Waals surface area contributed by atoms with Crippen molar-refractivity contribution < 1.29 is 17.0 Å². The highest BCUT2D eigenvalue weighted by molar-refractivity contribution is 7.86. The van der Waals surface area contributed by atoms with Gasteiger partial charge in [0.05, 0.1) is 6.61 Å². The number of hydrogen-bond acceptors (Lipinski definition) is 4. The maximum Gasteiger partial charge on any atom is 0.290 e. The maximum atomic E-state index is 11.4. The molecule has 0 rings (SSSR count). The van der Waals surface area contributed by atoms with Crippen molar-refractivity contribution in [3.63, 3.8) is 0 Å². The Morgan fingerprint density at radius 2 is 1.69 bits per heavy atom. The summed E-state index contributed by atoms with van der Waals surface area (Å²) in [7, 11) is -5.54. The lowest BCUT2D eigenvalue weighted by Gasteiger charge is -2.35. The molecule has 0 spiro atoms. The van der Waals surface area contributed by atoms with Gasteiger partial charge in [0.15, 0.2) is 14.3 Å². The minimum Gasteiger partial charge on any atom is -0.401 e. The lowest BCUT2D eigenvalue weighted by atomic mass is 10.2. The van der Waals surface area contributed by atoms with Crippen LogP contribution in [0.4, 0.5) is 0 Å². The molecule has 0 aromatic heterocycles. The predicted molar refractivity (Wildman–Crippen MR) is 68.3 cm³/mol. The molecule has 4 nitrogen and oxygen atoms in total. The second-order valence-electron chi connectivity index (χ2n) is 5.40. The molecule has 0 radical (unpaired) electrons. The molecule has 0 aromatic rings. The smallest absolute Gasteiger partial charge is 0.290 e. The maximum absolute atomic E-state index is 11.4. The first-order chi connectivity index (χ1) is 7.02. The Morgan fingerprint density at radius 1 is 1.19 bits per heavy atom. The van der Waals surface area contributed by atoms with Crippen LogP contribution in [-0.4, -0.2) is 29.3 Å². The van der Waals surface area contributed by atoms with Crippen LogP contribution in [0, 0.1) is 0 Å². The Labute approximate surface area is 101 Å². The Hall–Kier alpha value is 0.0869. The van der Waals surface area contributed by atoms with Gasteiger partial charge in [0.1, 0.15) is 0 Å². The third-order valence-corrected chi connectivity index (χ3v) is 8.46. The molecule has 6 heteroatoms. The summed E-state index contributed by atoms with van der Waals surface area (Å²) in [5, 5.41) is 0.00722. The van der Waals surface area contributed by atoms with E-state index in [9.17, 15) is 8.42 Å². The van der Waals surface area contributed by atoms with E-state index < -0.39 is 18.4 Å². The first-order valence-corrected chi connectivity index (χ1v) is 10.0. The third-order valence-electron chi connectivity index (χ3n) is 2.84. The molecule has 0 saturated carbocycles. The van der Waals surface area contributed by atoms with E-state index in [4.69, 9.17) is 8.61 Å². The highest BCUT2D eigenvalue weighted by Gasteiger charge is 2.38. The van der Waals surface area contributed by atoms with Crippen LogP contribution in [0.25, 0.3) is 0 Å². The molecule has 0 unspecified atom stereocenters. The van der Waals surface area contributed by atoms with Gasteiger partial charge in [0.2, 0.25) is 0 Å². The molecular weight excluding hydrogens is 244 g/mol. The lowest BCUT2D eigenvalue weighted by Crippen LogP contribution is -2.42. The van der Waals surface area contributed by atoms with E-state index in [2.05, 4.69) is 20.8 Å². The molecule has 0 aliphatic heterocycles. The molecule has 0 atom stereocenters. The van der Waals surface area contributed by atoms with E-state index in [-0.39, 0.29) is 17.6 Å². The second kappa shape index (κ2) is 5.62. The molecule has 0 amide bonds. The van der Waals surface area contributed by atoms with Gasteiger partial charge in [-0.15, -0.1) is 0 Å². The molecule has 0 N–H and O–H groups in total. The van der Waals surface area contributed by atoms with Gasteiger partial charge in [0.25, 0.3) is 10.1 Å². The van der Waals surface area contributed by atoms with Crippen LogP contribution >= 0.6 is 0 Å². The number of rotatable bonds is 6. The van der Waals surface area contributed by atoms with Gasteiger partial charge in [-0.1, -0.05) is 27.7 Å². The Balaban J connectivity index is 4.35. The van der Waals surface area contributed by atoms with Crippen LogP contribution in [0.3, 0.4) is 0 Å². The summed E-state index contributed by atoms with van der Waals surface area (Å²) < 4.78 is 33.2. The first kappa shape index (κ1) is 16.1. The van der Waals surface area contributed by atoms with Crippen molar-refractivity contribution >= 4 is 18.4 Å². The zero-order chi connectivity index (χ0) is 13.0. The van der Waals surface area contributed by atoms with Crippen molar-refractivity contribution in [2.75, 3.05) is 12.5 Å². The molecule has 16 heavy (non-hydrogen) atoms. The first-order valence-electron chi connectivity index (χ1n) is 5.53.